The maximum atomic E-state index is 11.1. The lowest BCUT2D eigenvalue weighted by molar-refractivity contribution is 0.0995. The highest BCUT2D eigenvalue weighted by Crippen LogP contribution is 2.32. The molecular weight excluding hydrogens is 434 g/mol. The lowest BCUT2D eigenvalue weighted by Crippen LogP contribution is -2.17. The number of nitrogens with zero attached hydrogens (tertiary/aromatic N) is 1. The van der Waals surface area contributed by atoms with Gasteiger partial charge in [0.2, 0.25) is 0 Å². The molecule has 1 aromatic carbocycles. The van der Waals surface area contributed by atoms with Crippen LogP contribution in [0.1, 0.15) is 48.2 Å². The minimum Gasteiger partial charge on any atom is -0.493 e. The predicted molar refractivity (Wildman–Crippen MR) is 122 cm³/mol. The van der Waals surface area contributed by atoms with Crippen molar-refractivity contribution in [2.75, 3.05) is 19.9 Å². The van der Waals surface area contributed by atoms with E-state index in [1.807, 2.05) is 18.2 Å². The Labute approximate surface area is 189 Å². The van der Waals surface area contributed by atoms with Gasteiger partial charge in [-0.3, -0.25) is 9.35 Å². The Bertz CT molecular complexity index is 966. The van der Waals surface area contributed by atoms with E-state index in [1.165, 1.54) is 44.4 Å². The lowest BCUT2D eigenvalue weighted by atomic mass is 10.0. The van der Waals surface area contributed by atoms with Crippen LogP contribution in [-0.4, -0.2) is 43.8 Å². The lowest BCUT2D eigenvalue weighted by Gasteiger charge is -2.13. The van der Waals surface area contributed by atoms with E-state index in [0.29, 0.717) is 23.5 Å². The number of benzene rings is 1. The first kappa shape index (κ1) is 25.6. The number of hydrogen-bond acceptors (Lipinski definition) is 7. The number of carbonyl (C=O) groups is 1. The highest BCUT2D eigenvalue weighted by molar-refractivity contribution is 7.85. The third-order valence-electron chi connectivity index (χ3n) is 4.98. The number of nitrogens with two attached hydrogens (primary N) is 1. The third-order valence-corrected chi connectivity index (χ3v) is 4.98. The molecule has 1 aliphatic carbocycles. The largest absolute Gasteiger partial charge is 0.493 e. The molecular formula is C22H31N3O6S. The van der Waals surface area contributed by atoms with E-state index < -0.39 is 16.0 Å². The molecule has 1 fully saturated rings. The minimum atomic E-state index is -3.67. The number of carbonyl (C=O) groups excluding carboxylic acids is 1. The van der Waals surface area contributed by atoms with Crippen LogP contribution in [0, 0.1) is 5.92 Å². The van der Waals surface area contributed by atoms with Gasteiger partial charge in [-0.2, -0.15) is 8.42 Å². The molecule has 32 heavy (non-hydrogen) atoms. The molecule has 0 spiro atoms. The Hall–Kier alpha value is -2.69. The van der Waals surface area contributed by atoms with Gasteiger partial charge in [0.25, 0.3) is 16.0 Å². The second-order valence-corrected chi connectivity index (χ2v) is 9.15. The molecule has 3 rings (SSSR count). The van der Waals surface area contributed by atoms with Crippen molar-refractivity contribution in [3.05, 3.63) is 47.8 Å². The van der Waals surface area contributed by atoms with Gasteiger partial charge in [0.05, 0.1) is 19.6 Å². The summed E-state index contributed by atoms with van der Waals surface area (Å²) < 4.78 is 37.2. The number of aromatic nitrogens is 1. The fraction of sp³-hybridized carbons (Fsp3) is 0.455. The van der Waals surface area contributed by atoms with Crippen molar-refractivity contribution in [3.8, 4) is 17.2 Å². The highest BCUT2D eigenvalue weighted by Gasteiger charge is 2.14. The molecule has 9 nitrogen and oxygen atoms in total. The van der Waals surface area contributed by atoms with Crippen LogP contribution in [-0.2, 0) is 16.7 Å². The van der Waals surface area contributed by atoms with Gasteiger partial charge in [-0.05, 0) is 48.7 Å². The zero-order valence-corrected chi connectivity index (χ0v) is 19.2. The van der Waals surface area contributed by atoms with E-state index in [-0.39, 0.29) is 5.69 Å². The molecule has 1 aliphatic rings. The molecule has 1 heterocycles. The van der Waals surface area contributed by atoms with Gasteiger partial charge in [-0.25, -0.2) is 4.98 Å². The van der Waals surface area contributed by atoms with Gasteiger partial charge in [0.15, 0.2) is 11.5 Å². The summed E-state index contributed by atoms with van der Waals surface area (Å²) in [6, 6.07) is 9.07. The Morgan fingerprint density at radius 1 is 1.22 bits per heavy atom. The van der Waals surface area contributed by atoms with Crippen molar-refractivity contribution >= 4 is 16.0 Å². The average molecular weight is 466 g/mol. The number of ether oxygens (including phenoxy) is 2. The van der Waals surface area contributed by atoms with Crippen molar-refractivity contribution in [1.29, 1.82) is 0 Å². The summed E-state index contributed by atoms with van der Waals surface area (Å²) in [5.41, 5.74) is 6.54. The molecule has 1 saturated carbocycles. The molecule has 2 aromatic rings. The SMILES string of the molecule is COc1cc(CNCCC2CCCC2)ccc1Oc1ccc(C(N)=O)nc1.CS(=O)(=O)O. The summed E-state index contributed by atoms with van der Waals surface area (Å²) >= 11 is 0. The van der Waals surface area contributed by atoms with Gasteiger partial charge in [0, 0.05) is 6.54 Å². The number of nitrogens with one attached hydrogen (secondary N) is 1. The van der Waals surface area contributed by atoms with Crippen molar-refractivity contribution in [3.63, 3.8) is 0 Å². The van der Waals surface area contributed by atoms with E-state index in [1.54, 1.807) is 13.2 Å². The van der Waals surface area contributed by atoms with Crippen molar-refractivity contribution in [2.45, 2.75) is 38.6 Å². The van der Waals surface area contributed by atoms with Gasteiger partial charge in [0.1, 0.15) is 11.4 Å². The zero-order chi connectivity index (χ0) is 23.6. The molecule has 0 unspecified atom stereocenters. The second kappa shape index (κ2) is 12.4. The van der Waals surface area contributed by atoms with Crippen LogP contribution >= 0.6 is 0 Å². The Kier molecular flexibility index (Phi) is 9.89. The Balaban J connectivity index is 0.000000654. The summed E-state index contributed by atoms with van der Waals surface area (Å²) in [5.74, 6) is 2.10. The summed E-state index contributed by atoms with van der Waals surface area (Å²) in [7, 11) is -2.05. The Morgan fingerprint density at radius 3 is 2.47 bits per heavy atom. The monoisotopic (exact) mass is 465 g/mol. The van der Waals surface area contributed by atoms with Gasteiger partial charge >= 0.3 is 0 Å². The molecule has 1 amide bonds. The molecule has 4 N–H and O–H groups in total. The van der Waals surface area contributed by atoms with Crippen LogP contribution in [0.3, 0.4) is 0 Å². The highest BCUT2D eigenvalue weighted by atomic mass is 32.2. The minimum absolute atomic E-state index is 0.202. The first-order chi connectivity index (χ1) is 15.2. The van der Waals surface area contributed by atoms with Crippen LogP contribution in [0.5, 0.6) is 17.2 Å². The van der Waals surface area contributed by atoms with E-state index in [9.17, 15) is 13.2 Å². The van der Waals surface area contributed by atoms with Crippen LogP contribution in [0.15, 0.2) is 36.5 Å². The quantitative estimate of drug-likeness (QED) is 0.379. The van der Waals surface area contributed by atoms with E-state index in [2.05, 4.69) is 10.3 Å². The normalized spacial score (nSPS) is 13.8. The summed E-state index contributed by atoms with van der Waals surface area (Å²) in [6.07, 6.45) is 9.00. The van der Waals surface area contributed by atoms with Crippen LogP contribution in [0.2, 0.25) is 0 Å². The molecule has 0 radical (unpaired) electrons. The number of pyridine rings is 1. The smallest absolute Gasteiger partial charge is 0.267 e. The summed E-state index contributed by atoms with van der Waals surface area (Å²) in [5, 5.41) is 3.52. The van der Waals surface area contributed by atoms with Crippen molar-refractivity contribution < 1.29 is 27.2 Å². The first-order valence-electron chi connectivity index (χ1n) is 10.4. The van der Waals surface area contributed by atoms with E-state index in [0.717, 1.165) is 24.6 Å². The topological polar surface area (TPSA) is 141 Å². The predicted octanol–water partition coefficient (Wildman–Crippen LogP) is 3.16. The van der Waals surface area contributed by atoms with Gasteiger partial charge in [-0.15, -0.1) is 0 Å². The number of rotatable bonds is 9. The number of hydrogen-bond donors (Lipinski definition) is 3. The molecule has 10 heteroatoms. The van der Waals surface area contributed by atoms with Crippen molar-refractivity contribution in [2.24, 2.45) is 11.7 Å². The summed E-state index contributed by atoms with van der Waals surface area (Å²) in [4.78, 5) is 15.1. The van der Waals surface area contributed by atoms with Crippen molar-refractivity contribution in [1.82, 2.24) is 10.3 Å². The molecule has 0 atom stereocenters. The zero-order valence-electron chi connectivity index (χ0n) is 18.4. The van der Waals surface area contributed by atoms with E-state index in [4.69, 9.17) is 19.8 Å². The molecule has 176 valence electrons. The van der Waals surface area contributed by atoms with E-state index >= 15 is 0 Å². The van der Waals surface area contributed by atoms with Gasteiger partial charge < -0.3 is 20.5 Å². The van der Waals surface area contributed by atoms with Crippen LogP contribution in [0.25, 0.3) is 0 Å². The number of amides is 1. The fourth-order valence-electron chi connectivity index (χ4n) is 3.46. The molecule has 0 saturated heterocycles. The van der Waals surface area contributed by atoms with Crippen LogP contribution in [0.4, 0.5) is 0 Å². The average Bonchev–Trinajstić information content (AvgIpc) is 3.25. The summed E-state index contributed by atoms with van der Waals surface area (Å²) in [6.45, 7) is 1.85. The standard InChI is InChI=1S/C21H27N3O3.CH4O3S/c1-26-20-12-16(13-23-11-10-15-4-2-3-5-15)6-9-19(20)27-17-7-8-18(21(22)25)24-14-17;1-5(2,3)4/h6-9,12,14-15,23H,2-5,10-11,13H2,1H3,(H2,22,25);1H3,(H,2,3,4). The number of primary amides is 1. The van der Waals surface area contributed by atoms with Gasteiger partial charge in [-0.1, -0.05) is 31.7 Å². The number of methoxy groups -OCH3 is 1. The maximum absolute atomic E-state index is 11.1. The van der Waals surface area contributed by atoms with Crippen LogP contribution < -0.4 is 20.5 Å². The second-order valence-electron chi connectivity index (χ2n) is 7.68. The Morgan fingerprint density at radius 2 is 1.91 bits per heavy atom. The molecule has 1 aromatic heterocycles. The molecule has 0 aliphatic heterocycles. The third kappa shape index (κ3) is 9.63. The molecule has 0 bridgehead atoms. The maximum Gasteiger partial charge on any atom is 0.267 e. The first-order valence-corrected chi connectivity index (χ1v) is 12.2. The fourth-order valence-corrected chi connectivity index (χ4v) is 3.46.